The van der Waals surface area contributed by atoms with Gasteiger partial charge in [0, 0.05) is 23.5 Å². The Kier molecular flexibility index (Phi) is 6.78. The molecule has 0 spiro atoms. The van der Waals surface area contributed by atoms with Gasteiger partial charge in [-0.25, -0.2) is 0 Å². The summed E-state index contributed by atoms with van der Waals surface area (Å²) in [5.41, 5.74) is 4.62. The number of amides is 2. The predicted molar refractivity (Wildman–Crippen MR) is 108 cm³/mol. The van der Waals surface area contributed by atoms with Crippen molar-refractivity contribution in [2.24, 2.45) is 5.92 Å². The number of nitrogens with one attached hydrogen (secondary N) is 3. The Labute approximate surface area is 155 Å². The first-order valence-electron chi connectivity index (χ1n) is 8.85. The molecule has 2 amide bonds. The van der Waals surface area contributed by atoms with Gasteiger partial charge >= 0.3 is 0 Å². The van der Waals surface area contributed by atoms with Crippen molar-refractivity contribution < 1.29 is 9.59 Å². The van der Waals surface area contributed by atoms with Crippen LogP contribution in [0.15, 0.2) is 42.5 Å². The van der Waals surface area contributed by atoms with E-state index in [0.717, 1.165) is 28.2 Å². The van der Waals surface area contributed by atoms with E-state index in [0.29, 0.717) is 12.3 Å². The summed E-state index contributed by atoms with van der Waals surface area (Å²) in [4.78, 5) is 23.9. The SMILES string of the molecule is Cc1cccc(NC(=O)CNc2ccc(NC(=O)CC(C)C)cc2)c1C. The van der Waals surface area contributed by atoms with E-state index in [1.54, 1.807) is 0 Å². The normalized spacial score (nSPS) is 10.5. The monoisotopic (exact) mass is 353 g/mol. The summed E-state index contributed by atoms with van der Waals surface area (Å²) in [5.74, 6) is 0.230. The topological polar surface area (TPSA) is 70.2 Å². The zero-order chi connectivity index (χ0) is 19.1. The van der Waals surface area contributed by atoms with Crippen molar-refractivity contribution in [1.82, 2.24) is 0 Å². The molecule has 0 radical (unpaired) electrons. The molecule has 2 aromatic carbocycles. The fourth-order valence-corrected chi connectivity index (χ4v) is 2.52. The van der Waals surface area contributed by atoms with Crippen molar-refractivity contribution in [1.29, 1.82) is 0 Å². The summed E-state index contributed by atoms with van der Waals surface area (Å²) in [5, 5.41) is 8.87. The van der Waals surface area contributed by atoms with Crippen LogP contribution >= 0.6 is 0 Å². The second kappa shape index (κ2) is 9.04. The molecule has 5 nitrogen and oxygen atoms in total. The predicted octanol–water partition coefficient (Wildman–Crippen LogP) is 4.34. The van der Waals surface area contributed by atoms with Gasteiger partial charge in [0.15, 0.2) is 0 Å². The Balaban J connectivity index is 1.84. The fraction of sp³-hybridized carbons (Fsp3) is 0.333. The first-order chi connectivity index (χ1) is 12.3. The smallest absolute Gasteiger partial charge is 0.243 e. The highest BCUT2D eigenvalue weighted by Gasteiger charge is 2.07. The van der Waals surface area contributed by atoms with Crippen LogP contribution in [-0.2, 0) is 9.59 Å². The Bertz CT molecular complexity index is 767. The second-order valence-corrected chi connectivity index (χ2v) is 6.87. The number of benzene rings is 2. The second-order valence-electron chi connectivity index (χ2n) is 6.87. The first kappa shape index (κ1) is 19.5. The van der Waals surface area contributed by atoms with Crippen LogP contribution in [0.2, 0.25) is 0 Å². The maximum absolute atomic E-state index is 12.1. The van der Waals surface area contributed by atoms with Crippen molar-refractivity contribution >= 4 is 28.9 Å². The van der Waals surface area contributed by atoms with E-state index in [2.05, 4.69) is 16.0 Å². The van der Waals surface area contributed by atoms with Gasteiger partial charge in [-0.15, -0.1) is 0 Å². The Morgan fingerprint density at radius 3 is 2.19 bits per heavy atom. The number of hydrogen-bond acceptors (Lipinski definition) is 3. The van der Waals surface area contributed by atoms with E-state index in [-0.39, 0.29) is 18.4 Å². The molecule has 0 bridgehead atoms. The molecular formula is C21H27N3O2. The molecule has 0 fully saturated rings. The minimum absolute atomic E-state index is 0.00797. The maximum atomic E-state index is 12.1. The fourth-order valence-electron chi connectivity index (χ4n) is 2.52. The van der Waals surface area contributed by atoms with Crippen molar-refractivity contribution in [2.75, 3.05) is 22.5 Å². The lowest BCUT2D eigenvalue weighted by molar-refractivity contribution is -0.117. The minimum atomic E-state index is -0.104. The van der Waals surface area contributed by atoms with Crippen molar-refractivity contribution in [3.63, 3.8) is 0 Å². The molecule has 0 saturated carbocycles. The first-order valence-corrected chi connectivity index (χ1v) is 8.85. The van der Waals surface area contributed by atoms with E-state index in [9.17, 15) is 9.59 Å². The average molecular weight is 353 g/mol. The minimum Gasteiger partial charge on any atom is -0.376 e. The summed E-state index contributed by atoms with van der Waals surface area (Å²) in [7, 11) is 0. The van der Waals surface area contributed by atoms with Crippen LogP contribution in [0.4, 0.5) is 17.1 Å². The van der Waals surface area contributed by atoms with Crippen LogP contribution in [-0.4, -0.2) is 18.4 Å². The Hall–Kier alpha value is -2.82. The molecule has 2 aromatic rings. The van der Waals surface area contributed by atoms with Crippen LogP contribution in [0.25, 0.3) is 0 Å². The van der Waals surface area contributed by atoms with E-state index in [4.69, 9.17) is 0 Å². The molecule has 0 aliphatic carbocycles. The lowest BCUT2D eigenvalue weighted by atomic mass is 10.1. The zero-order valence-electron chi connectivity index (χ0n) is 15.8. The third-order valence-corrected chi connectivity index (χ3v) is 4.09. The lowest BCUT2D eigenvalue weighted by Crippen LogP contribution is -2.22. The molecule has 0 heterocycles. The van der Waals surface area contributed by atoms with Gasteiger partial charge in [-0.1, -0.05) is 26.0 Å². The van der Waals surface area contributed by atoms with Gasteiger partial charge < -0.3 is 16.0 Å². The molecule has 26 heavy (non-hydrogen) atoms. The van der Waals surface area contributed by atoms with Crippen LogP contribution < -0.4 is 16.0 Å². The Morgan fingerprint density at radius 1 is 0.885 bits per heavy atom. The summed E-state index contributed by atoms with van der Waals surface area (Å²) >= 11 is 0. The summed E-state index contributed by atoms with van der Waals surface area (Å²) in [6.07, 6.45) is 0.499. The number of rotatable bonds is 7. The van der Waals surface area contributed by atoms with E-state index < -0.39 is 0 Å². The highest BCUT2D eigenvalue weighted by Crippen LogP contribution is 2.18. The third-order valence-electron chi connectivity index (χ3n) is 4.09. The number of carbonyl (C=O) groups excluding carboxylic acids is 2. The molecular weight excluding hydrogens is 326 g/mol. The molecule has 3 N–H and O–H groups in total. The van der Waals surface area contributed by atoms with E-state index >= 15 is 0 Å². The largest absolute Gasteiger partial charge is 0.376 e. The summed E-state index contributed by atoms with van der Waals surface area (Å²) in [6.45, 7) is 8.20. The molecule has 5 heteroatoms. The number of hydrogen-bond donors (Lipinski definition) is 3. The molecule has 2 rings (SSSR count). The third kappa shape index (κ3) is 5.92. The van der Waals surface area contributed by atoms with E-state index in [1.165, 1.54) is 0 Å². The summed E-state index contributed by atoms with van der Waals surface area (Å²) < 4.78 is 0. The van der Waals surface area contributed by atoms with Gasteiger partial charge in [-0.2, -0.15) is 0 Å². The zero-order valence-corrected chi connectivity index (χ0v) is 15.8. The van der Waals surface area contributed by atoms with E-state index in [1.807, 2.05) is 70.2 Å². The summed E-state index contributed by atoms with van der Waals surface area (Å²) in [6, 6.07) is 13.2. The van der Waals surface area contributed by atoms with Crippen molar-refractivity contribution in [3.05, 3.63) is 53.6 Å². The molecule has 138 valence electrons. The highest BCUT2D eigenvalue weighted by molar-refractivity contribution is 5.94. The molecule has 0 aromatic heterocycles. The molecule has 0 saturated heterocycles. The van der Waals surface area contributed by atoms with Gasteiger partial charge in [0.25, 0.3) is 0 Å². The number of aryl methyl sites for hydroxylation is 1. The molecule has 0 atom stereocenters. The van der Waals surface area contributed by atoms with Gasteiger partial charge in [0.05, 0.1) is 6.54 Å². The van der Waals surface area contributed by atoms with Gasteiger partial charge in [-0.3, -0.25) is 9.59 Å². The molecule has 0 aliphatic heterocycles. The van der Waals surface area contributed by atoms with Crippen molar-refractivity contribution in [3.8, 4) is 0 Å². The number of carbonyl (C=O) groups is 2. The van der Waals surface area contributed by atoms with Gasteiger partial charge in [0.2, 0.25) is 11.8 Å². The van der Waals surface area contributed by atoms with Gasteiger partial charge in [-0.05, 0) is 61.2 Å². The molecule has 0 unspecified atom stereocenters. The van der Waals surface area contributed by atoms with Crippen molar-refractivity contribution in [2.45, 2.75) is 34.1 Å². The standard InChI is InChI=1S/C21H27N3O2/c1-14(2)12-20(25)23-18-10-8-17(9-11-18)22-13-21(26)24-19-7-5-6-15(3)16(19)4/h5-11,14,22H,12-13H2,1-4H3,(H,23,25)(H,24,26). The van der Waals surface area contributed by atoms with Crippen LogP contribution in [0.3, 0.4) is 0 Å². The van der Waals surface area contributed by atoms with Crippen LogP contribution in [0, 0.1) is 19.8 Å². The lowest BCUT2D eigenvalue weighted by Gasteiger charge is -2.12. The number of anilines is 3. The van der Waals surface area contributed by atoms with Gasteiger partial charge in [0.1, 0.15) is 0 Å². The molecule has 0 aliphatic rings. The average Bonchev–Trinajstić information content (AvgIpc) is 2.57. The van der Waals surface area contributed by atoms with Crippen LogP contribution in [0.5, 0.6) is 0 Å². The quantitative estimate of drug-likeness (QED) is 0.693. The Morgan fingerprint density at radius 2 is 1.54 bits per heavy atom. The maximum Gasteiger partial charge on any atom is 0.243 e. The van der Waals surface area contributed by atoms with Crippen LogP contribution in [0.1, 0.15) is 31.4 Å². The highest BCUT2D eigenvalue weighted by atomic mass is 16.2.